The minimum absolute atomic E-state index is 0.0666. The number of hydrogen-bond donors (Lipinski definition) is 0. The van der Waals surface area contributed by atoms with Gasteiger partial charge in [-0.3, -0.25) is 14.5 Å². The van der Waals surface area contributed by atoms with Crippen LogP contribution in [0.5, 0.6) is 0 Å². The first-order chi connectivity index (χ1) is 24.6. The zero-order valence-corrected chi connectivity index (χ0v) is 27.8. The van der Waals surface area contributed by atoms with E-state index in [4.69, 9.17) is 4.74 Å². The molecule has 4 aromatic carbocycles. The van der Waals surface area contributed by atoms with Crippen molar-refractivity contribution >= 4 is 16.8 Å². The van der Waals surface area contributed by atoms with Crippen LogP contribution < -0.4 is 5.56 Å². The molecular formula is C39H37F5N4O3. The average Bonchev–Trinajstić information content (AvgIpc) is 3.13. The van der Waals surface area contributed by atoms with Gasteiger partial charge >= 0.3 is 6.18 Å². The Labute approximate surface area is 291 Å². The highest BCUT2D eigenvalue weighted by Gasteiger charge is 2.30. The summed E-state index contributed by atoms with van der Waals surface area (Å²) in [5.41, 5.74) is 1.66. The minimum atomic E-state index is -4.42. The average molecular weight is 705 g/mol. The van der Waals surface area contributed by atoms with Crippen LogP contribution in [0.15, 0.2) is 95.8 Å². The van der Waals surface area contributed by atoms with E-state index in [0.717, 1.165) is 49.0 Å². The molecular weight excluding hydrogens is 667 g/mol. The van der Waals surface area contributed by atoms with Gasteiger partial charge in [-0.15, -0.1) is 0 Å². The second-order valence-electron chi connectivity index (χ2n) is 12.5. The van der Waals surface area contributed by atoms with Gasteiger partial charge in [-0.05, 0) is 65.4 Å². The van der Waals surface area contributed by atoms with Gasteiger partial charge in [0, 0.05) is 39.1 Å². The fraction of sp³-hybridized carbons (Fsp3) is 0.308. The Morgan fingerprint density at radius 3 is 2.24 bits per heavy atom. The molecule has 1 aromatic heterocycles. The van der Waals surface area contributed by atoms with Crippen molar-refractivity contribution in [1.82, 2.24) is 19.4 Å². The molecule has 2 heterocycles. The van der Waals surface area contributed by atoms with E-state index in [1.54, 1.807) is 33.7 Å². The first kappa shape index (κ1) is 35.9. The molecule has 0 bridgehead atoms. The third-order valence-electron chi connectivity index (χ3n) is 9.14. The number of aromatic nitrogens is 2. The summed E-state index contributed by atoms with van der Waals surface area (Å²) in [6, 6.07) is 23.1. The van der Waals surface area contributed by atoms with E-state index >= 15 is 0 Å². The van der Waals surface area contributed by atoms with Crippen molar-refractivity contribution in [1.29, 1.82) is 0 Å². The lowest BCUT2D eigenvalue weighted by Crippen LogP contribution is -2.40. The number of halogens is 5. The molecule has 1 fully saturated rings. The molecule has 0 unspecified atom stereocenters. The fourth-order valence-corrected chi connectivity index (χ4v) is 6.33. The van der Waals surface area contributed by atoms with Gasteiger partial charge in [0.2, 0.25) is 5.91 Å². The number of amides is 1. The highest BCUT2D eigenvalue weighted by Crippen LogP contribution is 2.31. The Kier molecular flexibility index (Phi) is 11.2. The number of hydrogen-bond acceptors (Lipinski definition) is 5. The first-order valence-electron chi connectivity index (χ1n) is 16.8. The van der Waals surface area contributed by atoms with Crippen LogP contribution >= 0.6 is 0 Å². The van der Waals surface area contributed by atoms with Crippen LogP contribution in [0.25, 0.3) is 22.0 Å². The van der Waals surface area contributed by atoms with Gasteiger partial charge in [-0.2, -0.15) is 18.2 Å². The molecule has 0 spiro atoms. The predicted octanol–water partition coefficient (Wildman–Crippen LogP) is 6.90. The molecule has 1 saturated heterocycles. The van der Waals surface area contributed by atoms with Gasteiger partial charge in [0.15, 0.2) is 11.6 Å². The van der Waals surface area contributed by atoms with Crippen molar-refractivity contribution in [3.8, 4) is 11.1 Å². The van der Waals surface area contributed by atoms with Gasteiger partial charge in [-0.1, -0.05) is 60.7 Å². The van der Waals surface area contributed by atoms with Gasteiger partial charge in [0.25, 0.3) is 5.56 Å². The molecule has 5 aromatic rings. The highest BCUT2D eigenvalue weighted by atomic mass is 19.4. The maximum atomic E-state index is 14.5. The molecule has 12 heteroatoms. The Morgan fingerprint density at radius 2 is 1.53 bits per heavy atom. The summed E-state index contributed by atoms with van der Waals surface area (Å²) in [5.74, 6) is -1.87. The number of nitrogens with zero attached hydrogens (tertiary/aromatic N) is 4. The molecule has 1 aliphatic heterocycles. The molecule has 51 heavy (non-hydrogen) atoms. The number of morpholine rings is 1. The summed E-state index contributed by atoms with van der Waals surface area (Å²) in [6.07, 6.45) is -3.56. The number of carbonyl (C=O) groups excluding carboxylic acids is 1. The Hall–Kier alpha value is -4.94. The molecule has 0 N–H and O–H groups in total. The smallest absolute Gasteiger partial charge is 0.379 e. The maximum absolute atomic E-state index is 14.5. The van der Waals surface area contributed by atoms with Crippen molar-refractivity contribution in [2.45, 2.75) is 38.5 Å². The molecule has 0 saturated carbocycles. The van der Waals surface area contributed by atoms with Crippen molar-refractivity contribution in [2.24, 2.45) is 0 Å². The van der Waals surface area contributed by atoms with E-state index in [0.29, 0.717) is 42.6 Å². The van der Waals surface area contributed by atoms with Crippen LogP contribution in [-0.2, 0) is 41.6 Å². The van der Waals surface area contributed by atoms with Gasteiger partial charge < -0.3 is 14.2 Å². The van der Waals surface area contributed by atoms with Crippen LogP contribution in [0.1, 0.15) is 28.9 Å². The Morgan fingerprint density at radius 1 is 0.843 bits per heavy atom. The third kappa shape index (κ3) is 8.87. The zero-order chi connectivity index (χ0) is 36.0. The largest absolute Gasteiger partial charge is 0.416 e. The second-order valence-corrected chi connectivity index (χ2v) is 12.5. The van der Waals surface area contributed by atoms with Crippen LogP contribution in [0.3, 0.4) is 0 Å². The quantitative estimate of drug-likeness (QED) is 0.132. The summed E-state index contributed by atoms with van der Waals surface area (Å²) in [6.45, 7) is 4.26. The molecule has 0 atom stereocenters. The number of rotatable bonds is 12. The summed E-state index contributed by atoms with van der Waals surface area (Å²) in [7, 11) is 0. The molecule has 266 valence electrons. The number of ether oxygens (including phenoxy) is 1. The van der Waals surface area contributed by atoms with Crippen molar-refractivity contribution in [3.63, 3.8) is 0 Å². The maximum Gasteiger partial charge on any atom is 0.416 e. The lowest BCUT2D eigenvalue weighted by molar-refractivity contribution is -0.137. The number of aryl methyl sites for hydroxylation is 2. The second kappa shape index (κ2) is 15.9. The lowest BCUT2D eigenvalue weighted by atomic mass is 10.0. The number of fused-ring (bicyclic) bond motifs is 1. The Balaban J connectivity index is 1.25. The number of benzene rings is 4. The molecule has 0 aliphatic carbocycles. The van der Waals surface area contributed by atoms with Gasteiger partial charge in [-0.25, -0.2) is 8.78 Å². The van der Waals surface area contributed by atoms with Gasteiger partial charge in [0.05, 0.1) is 29.7 Å². The normalized spacial score (nSPS) is 13.8. The predicted molar refractivity (Wildman–Crippen MR) is 184 cm³/mol. The van der Waals surface area contributed by atoms with E-state index in [2.05, 4.69) is 9.88 Å². The zero-order valence-electron chi connectivity index (χ0n) is 27.8. The van der Waals surface area contributed by atoms with E-state index < -0.39 is 28.9 Å². The van der Waals surface area contributed by atoms with Crippen molar-refractivity contribution < 1.29 is 31.5 Å². The topological polar surface area (TPSA) is 67.7 Å². The molecule has 6 rings (SSSR count). The van der Waals surface area contributed by atoms with Crippen LogP contribution in [-0.4, -0.2) is 64.7 Å². The van der Waals surface area contributed by atoms with Crippen LogP contribution in [0, 0.1) is 11.6 Å². The highest BCUT2D eigenvalue weighted by molar-refractivity contribution is 5.82. The lowest BCUT2D eigenvalue weighted by Gasteiger charge is -2.29. The minimum Gasteiger partial charge on any atom is -0.379 e. The number of carbonyl (C=O) groups is 1. The fourth-order valence-electron chi connectivity index (χ4n) is 6.33. The monoisotopic (exact) mass is 704 g/mol. The molecule has 0 radical (unpaired) electrons. The summed E-state index contributed by atoms with van der Waals surface area (Å²) in [5, 5.41) is 0.337. The Bertz CT molecular complexity index is 2030. The van der Waals surface area contributed by atoms with Crippen molar-refractivity contribution in [2.75, 3.05) is 39.4 Å². The summed E-state index contributed by atoms with van der Waals surface area (Å²) >= 11 is 0. The molecule has 7 nitrogen and oxygen atoms in total. The van der Waals surface area contributed by atoms with Crippen molar-refractivity contribution in [3.05, 3.63) is 135 Å². The van der Waals surface area contributed by atoms with Crippen LogP contribution in [0.4, 0.5) is 22.0 Å². The van der Waals surface area contributed by atoms with E-state index in [1.165, 1.54) is 24.3 Å². The third-order valence-corrected chi connectivity index (χ3v) is 9.14. The first-order valence-corrected chi connectivity index (χ1v) is 16.8. The summed E-state index contributed by atoms with van der Waals surface area (Å²) in [4.78, 5) is 35.5. The number of alkyl halides is 3. The van der Waals surface area contributed by atoms with E-state index in [9.17, 15) is 31.5 Å². The van der Waals surface area contributed by atoms with E-state index in [-0.39, 0.29) is 43.2 Å². The SMILES string of the molecule is O=C(Cn1c(CCc2cccc(F)c2F)nc(=O)c2ccccc21)N(CCCN1CCOCC1)Cc1ccc(-c2ccc(C(F)(F)F)cc2)cc1. The number of para-hydroxylation sites is 1. The standard InChI is InChI=1S/C39H37F5N4O3/c40-33-7-3-5-30(37(33)41)15-18-35-45-38(50)32-6-1-2-8-34(32)48(35)26-36(49)47(20-4-19-46-21-23-51-24-22-46)25-27-9-11-28(12-10-27)29-13-16-31(17-14-29)39(42,43)44/h1-3,5-14,16-17H,4,15,18-26H2. The van der Waals surface area contributed by atoms with E-state index in [1.807, 2.05) is 24.3 Å². The molecule has 1 aliphatic rings. The van der Waals surface area contributed by atoms with Gasteiger partial charge in [0.1, 0.15) is 12.4 Å². The molecule has 1 amide bonds. The summed E-state index contributed by atoms with van der Waals surface area (Å²) < 4.78 is 74.8. The van der Waals surface area contributed by atoms with Crippen LogP contribution in [0.2, 0.25) is 0 Å².